The van der Waals surface area contributed by atoms with Crippen LogP contribution in [0.15, 0.2) is 64.9 Å². The van der Waals surface area contributed by atoms with Crippen molar-refractivity contribution in [1.29, 1.82) is 0 Å². The van der Waals surface area contributed by atoms with Crippen LogP contribution in [0.4, 0.5) is 11.4 Å². The average Bonchev–Trinajstić information content (AvgIpc) is 3.21. The van der Waals surface area contributed by atoms with E-state index in [9.17, 15) is 13.2 Å². The number of nitrogens with zero attached hydrogens (tertiary/aromatic N) is 1. The van der Waals surface area contributed by atoms with E-state index < -0.39 is 10.0 Å². The summed E-state index contributed by atoms with van der Waals surface area (Å²) in [5.41, 5.74) is 2.16. The number of fused-ring (bicyclic) bond motifs is 1. The molecule has 0 atom stereocenters. The molecule has 0 unspecified atom stereocenters. The zero-order valence-corrected chi connectivity index (χ0v) is 17.2. The van der Waals surface area contributed by atoms with Crippen molar-refractivity contribution in [3.63, 3.8) is 0 Å². The van der Waals surface area contributed by atoms with Gasteiger partial charge in [-0.1, -0.05) is 35.9 Å². The molecule has 0 saturated carbocycles. The Morgan fingerprint density at radius 1 is 1.11 bits per heavy atom. The molecule has 2 aromatic carbocycles. The molecule has 1 aliphatic heterocycles. The second-order valence-corrected chi connectivity index (χ2v) is 9.42. The Morgan fingerprint density at radius 2 is 1.93 bits per heavy atom. The van der Waals surface area contributed by atoms with Crippen LogP contribution in [0.2, 0.25) is 5.02 Å². The molecule has 0 aliphatic carbocycles. The largest absolute Gasteiger partial charge is 0.307 e. The van der Waals surface area contributed by atoms with Crippen molar-refractivity contribution in [3.8, 4) is 0 Å². The first-order valence-corrected chi connectivity index (χ1v) is 11.5. The van der Waals surface area contributed by atoms with Gasteiger partial charge in [0.15, 0.2) is 0 Å². The number of hydrogen-bond acceptors (Lipinski definition) is 4. The average molecular weight is 433 g/mol. The number of benzene rings is 2. The first-order chi connectivity index (χ1) is 13.5. The second-order valence-electron chi connectivity index (χ2n) is 6.42. The Bertz CT molecular complexity index is 1130. The van der Waals surface area contributed by atoms with Crippen molar-refractivity contribution >= 4 is 50.2 Å². The van der Waals surface area contributed by atoms with Gasteiger partial charge >= 0.3 is 0 Å². The normalized spacial score (nSPS) is 13.8. The van der Waals surface area contributed by atoms with Gasteiger partial charge in [-0.3, -0.25) is 9.52 Å². The van der Waals surface area contributed by atoms with Crippen LogP contribution in [0, 0.1) is 0 Å². The van der Waals surface area contributed by atoms with E-state index in [0.717, 1.165) is 24.1 Å². The number of anilines is 2. The minimum Gasteiger partial charge on any atom is -0.307 e. The molecule has 3 aromatic rings. The van der Waals surface area contributed by atoms with Gasteiger partial charge in [0, 0.05) is 12.2 Å². The molecule has 4 rings (SSSR count). The summed E-state index contributed by atoms with van der Waals surface area (Å²) in [4.78, 5) is 15.3. The molecular formula is C20H17ClN2O3S2. The Hall–Kier alpha value is -2.35. The summed E-state index contributed by atoms with van der Waals surface area (Å²) in [5, 5.41) is 2.02. The van der Waals surface area contributed by atoms with Crippen molar-refractivity contribution in [2.24, 2.45) is 0 Å². The van der Waals surface area contributed by atoms with Gasteiger partial charge in [0.25, 0.3) is 15.9 Å². The van der Waals surface area contributed by atoms with Gasteiger partial charge in [-0.05, 0) is 54.1 Å². The van der Waals surface area contributed by atoms with Crippen LogP contribution >= 0.6 is 22.9 Å². The fourth-order valence-electron chi connectivity index (χ4n) is 3.26. The molecule has 8 heteroatoms. The molecule has 1 aliphatic rings. The number of hydrogen-bond donors (Lipinski definition) is 1. The summed E-state index contributed by atoms with van der Waals surface area (Å²) < 4.78 is 28.0. The third kappa shape index (κ3) is 3.65. The van der Waals surface area contributed by atoms with Gasteiger partial charge in [-0.15, -0.1) is 11.3 Å². The maximum atomic E-state index is 12.9. The van der Waals surface area contributed by atoms with Crippen LogP contribution in [-0.2, 0) is 16.4 Å². The molecule has 0 fully saturated rings. The highest BCUT2D eigenvalue weighted by Gasteiger charge is 2.25. The SMILES string of the molecule is O=C(c1cccs1)N1CCCc2ccc(NS(=O)(=O)c3ccccc3Cl)cc21. The molecule has 1 aromatic heterocycles. The highest BCUT2D eigenvalue weighted by atomic mass is 35.5. The zero-order chi connectivity index (χ0) is 19.7. The Kier molecular flexibility index (Phi) is 5.14. The molecule has 0 spiro atoms. The van der Waals surface area contributed by atoms with Gasteiger partial charge in [-0.25, -0.2) is 8.42 Å². The first-order valence-electron chi connectivity index (χ1n) is 8.71. The number of carbonyl (C=O) groups excluding carboxylic acids is 1. The van der Waals surface area contributed by atoms with E-state index >= 15 is 0 Å². The van der Waals surface area contributed by atoms with Crippen LogP contribution in [0.3, 0.4) is 0 Å². The van der Waals surface area contributed by atoms with Crippen molar-refractivity contribution in [3.05, 3.63) is 75.4 Å². The summed E-state index contributed by atoms with van der Waals surface area (Å²) in [6, 6.07) is 15.2. The van der Waals surface area contributed by atoms with Gasteiger partial charge in [0.2, 0.25) is 0 Å². The number of aryl methyl sites for hydroxylation is 1. The molecule has 144 valence electrons. The summed E-state index contributed by atoms with van der Waals surface area (Å²) in [7, 11) is -3.83. The van der Waals surface area contributed by atoms with Gasteiger partial charge in [-0.2, -0.15) is 0 Å². The fourth-order valence-corrected chi connectivity index (χ4v) is 5.50. The van der Waals surface area contributed by atoms with Crippen molar-refractivity contribution < 1.29 is 13.2 Å². The third-order valence-electron chi connectivity index (χ3n) is 4.56. The lowest BCUT2D eigenvalue weighted by atomic mass is 10.0. The number of amides is 1. The van der Waals surface area contributed by atoms with Crippen LogP contribution in [-0.4, -0.2) is 20.9 Å². The lowest BCUT2D eigenvalue weighted by Gasteiger charge is -2.29. The standard InChI is InChI=1S/C20H17ClN2O3S2/c21-16-6-1-2-8-19(16)28(25,26)22-15-10-9-14-5-3-11-23(17(14)13-15)20(24)18-7-4-12-27-18/h1-2,4,6-10,12-13,22H,3,5,11H2. The molecule has 1 amide bonds. The molecule has 0 bridgehead atoms. The Morgan fingerprint density at radius 3 is 2.68 bits per heavy atom. The van der Waals surface area contributed by atoms with Crippen molar-refractivity contribution in [2.75, 3.05) is 16.2 Å². The highest BCUT2D eigenvalue weighted by Crippen LogP contribution is 2.33. The summed E-state index contributed by atoms with van der Waals surface area (Å²) in [6.45, 7) is 0.602. The predicted octanol–water partition coefficient (Wildman–Crippen LogP) is 4.80. The second kappa shape index (κ2) is 7.58. The van der Waals surface area contributed by atoms with E-state index in [4.69, 9.17) is 11.6 Å². The number of rotatable bonds is 4. The minimum absolute atomic E-state index is 0.0147. The molecule has 2 heterocycles. The number of halogens is 1. The van der Waals surface area contributed by atoms with Crippen LogP contribution < -0.4 is 9.62 Å². The van der Waals surface area contributed by atoms with Crippen LogP contribution in [0.1, 0.15) is 21.7 Å². The van der Waals surface area contributed by atoms with E-state index in [2.05, 4.69) is 4.72 Å². The quantitative estimate of drug-likeness (QED) is 0.644. The lowest BCUT2D eigenvalue weighted by Crippen LogP contribution is -2.35. The predicted molar refractivity (Wildman–Crippen MR) is 113 cm³/mol. The lowest BCUT2D eigenvalue weighted by molar-refractivity contribution is 0.0989. The van der Waals surface area contributed by atoms with E-state index in [1.165, 1.54) is 23.5 Å². The number of thiophene rings is 1. The first kappa shape index (κ1) is 19.0. The van der Waals surface area contributed by atoms with E-state index in [1.54, 1.807) is 35.2 Å². The fraction of sp³-hybridized carbons (Fsp3) is 0.150. The molecule has 5 nitrogen and oxygen atoms in total. The van der Waals surface area contributed by atoms with Crippen molar-refractivity contribution in [1.82, 2.24) is 0 Å². The zero-order valence-electron chi connectivity index (χ0n) is 14.8. The van der Waals surface area contributed by atoms with E-state index in [-0.39, 0.29) is 15.8 Å². The number of sulfonamides is 1. The van der Waals surface area contributed by atoms with Gasteiger partial charge in [0.1, 0.15) is 4.90 Å². The van der Waals surface area contributed by atoms with E-state index in [0.29, 0.717) is 17.1 Å². The summed E-state index contributed by atoms with van der Waals surface area (Å²) in [6.07, 6.45) is 1.72. The highest BCUT2D eigenvalue weighted by molar-refractivity contribution is 7.92. The number of carbonyl (C=O) groups is 1. The number of nitrogens with one attached hydrogen (secondary N) is 1. The molecular weight excluding hydrogens is 416 g/mol. The van der Waals surface area contributed by atoms with Crippen LogP contribution in [0.25, 0.3) is 0 Å². The summed E-state index contributed by atoms with van der Waals surface area (Å²) >= 11 is 7.44. The van der Waals surface area contributed by atoms with Gasteiger partial charge < -0.3 is 4.90 Å². The topological polar surface area (TPSA) is 66.5 Å². The maximum absolute atomic E-state index is 12.9. The molecule has 1 N–H and O–H groups in total. The smallest absolute Gasteiger partial charge is 0.268 e. The van der Waals surface area contributed by atoms with Gasteiger partial charge in [0.05, 0.1) is 15.6 Å². The van der Waals surface area contributed by atoms with Crippen molar-refractivity contribution in [2.45, 2.75) is 17.7 Å². The Balaban J connectivity index is 1.67. The monoisotopic (exact) mass is 432 g/mol. The maximum Gasteiger partial charge on any atom is 0.268 e. The molecule has 0 saturated heterocycles. The Labute approximate surface area is 172 Å². The molecule has 28 heavy (non-hydrogen) atoms. The summed E-state index contributed by atoms with van der Waals surface area (Å²) in [5.74, 6) is -0.0675. The minimum atomic E-state index is -3.83. The third-order valence-corrected chi connectivity index (χ3v) is 7.30. The molecule has 0 radical (unpaired) electrons. The van der Waals surface area contributed by atoms with Crippen LogP contribution in [0.5, 0.6) is 0 Å². The van der Waals surface area contributed by atoms with E-state index in [1.807, 2.05) is 17.5 Å².